The van der Waals surface area contributed by atoms with Crippen LogP contribution in [0.1, 0.15) is 10.5 Å². The summed E-state index contributed by atoms with van der Waals surface area (Å²) in [6.45, 7) is 0. The summed E-state index contributed by atoms with van der Waals surface area (Å²) in [7, 11) is 0. The predicted octanol–water partition coefficient (Wildman–Crippen LogP) is 2.50. The van der Waals surface area contributed by atoms with Gasteiger partial charge in [0.1, 0.15) is 11.5 Å². The Morgan fingerprint density at radius 2 is 1.88 bits per heavy atom. The van der Waals surface area contributed by atoms with Gasteiger partial charge < -0.3 is 5.11 Å². The molecule has 16 heavy (non-hydrogen) atoms. The van der Waals surface area contributed by atoms with Gasteiger partial charge in [-0.3, -0.25) is 0 Å². The summed E-state index contributed by atoms with van der Waals surface area (Å²) >= 11 is 5.89. The first-order chi connectivity index (χ1) is 7.70. The molecule has 0 fully saturated rings. The average molecular weight is 235 g/mol. The summed E-state index contributed by atoms with van der Waals surface area (Å²) in [5, 5.41) is 9.14. The van der Waals surface area contributed by atoms with Crippen LogP contribution in [0, 0.1) is 0 Å². The summed E-state index contributed by atoms with van der Waals surface area (Å²) in [5.41, 5.74) is 0.939. The van der Waals surface area contributed by atoms with E-state index < -0.39 is 5.97 Å². The number of aromatic nitrogens is 2. The van der Waals surface area contributed by atoms with Crippen LogP contribution in [0.4, 0.5) is 0 Å². The monoisotopic (exact) mass is 234 g/mol. The molecule has 5 heteroatoms. The first-order valence-corrected chi connectivity index (χ1v) is 4.87. The summed E-state index contributed by atoms with van der Waals surface area (Å²) in [4.78, 5) is 18.5. The van der Waals surface area contributed by atoms with Gasteiger partial charge in [-0.25, -0.2) is 14.8 Å². The van der Waals surface area contributed by atoms with Crippen LogP contribution >= 0.6 is 11.6 Å². The standard InChI is InChI=1S/C11H7ClN2O2/c12-10-8(7-4-2-1-3-5-7)9(11(15)16)13-6-14-10/h1-6H,(H,15,16). The lowest BCUT2D eigenvalue weighted by molar-refractivity contribution is 0.0691. The first-order valence-electron chi connectivity index (χ1n) is 4.49. The summed E-state index contributed by atoms with van der Waals surface area (Å²) < 4.78 is 0. The van der Waals surface area contributed by atoms with E-state index in [0.29, 0.717) is 11.1 Å². The van der Waals surface area contributed by atoms with Gasteiger partial charge in [0.15, 0.2) is 5.69 Å². The van der Waals surface area contributed by atoms with Crippen molar-refractivity contribution in [2.24, 2.45) is 0 Å². The van der Waals surface area contributed by atoms with Gasteiger partial charge in [0.05, 0.1) is 5.56 Å². The highest BCUT2D eigenvalue weighted by molar-refractivity contribution is 6.32. The maximum absolute atomic E-state index is 11.0. The zero-order valence-electron chi connectivity index (χ0n) is 8.09. The number of hydrogen-bond donors (Lipinski definition) is 1. The molecule has 0 spiro atoms. The third-order valence-corrected chi connectivity index (χ3v) is 2.35. The molecule has 0 amide bonds. The van der Waals surface area contributed by atoms with E-state index in [2.05, 4.69) is 9.97 Å². The van der Waals surface area contributed by atoms with Gasteiger partial charge in [0.2, 0.25) is 0 Å². The van der Waals surface area contributed by atoms with Gasteiger partial charge in [-0.1, -0.05) is 41.9 Å². The second-order valence-electron chi connectivity index (χ2n) is 3.06. The molecule has 80 valence electrons. The van der Waals surface area contributed by atoms with E-state index in [1.165, 1.54) is 0 Å². The van der Waals surface area contributed by atoms with Crippen molar-refractivity contribution in [1.29, 1.82) is 0 Å². The highest BCUT2D eigenvalue weighted by Gasteiger charge is 2.17. The molecule has 0 aliphatic heterocycles. The summed E-state index contributed by atoms with van der Waals surface area (Å²) in [6.07, 6.45) is 1.14. The minimum absolute atomic E-state index is 0.0915. The van der Waals surface area contributed by atoms with Crippen LogP contribution in [0.2, 0.25) is 5.15 Å². The first kappa shape index (κ1) is 10.6. The Hall–Kier alpha value is -1.94. The van der Waals surface area contributed by atoms with Crippen molar-refractivity contribution >= 4 is 17.6 Å². The molecule has 1 aromatic heterocycles. The second kappa shape index (κ2) is 4.28. The van der Waals surface area contributed by atoms with Gasteiger partial charge in [0.25, 0.3) is 0 Å². The van der Waals surface area contributed by atoms with Crippen LogP contribution < -0.4 is 0 Å². The highest BCUT2D eigenvalue weighted by Crippen LogP contribution is 2.28. The minimum Gasteiger partial charge on any atom is -0.476 e. The number of hydrogen-bond acceptors (Lipinski definition) is 3. The maximum atomic E-state index is 11.0. The third-order valence-electron chi connectivity index (χ3n) is 2.07. The van der Waals surface area contributed by atoms with Gasteiger partial charge >= 0.3 is 5.97 Å². The van der Waals surface area contributed by atoms with Crippen LogP contribution in [-0.2, 0) is 0 Å². The van der Waals surface area contributed by atoms with Crippen LogP contribution in [0.15, 0.2) is 36.7 Å². The fourth-order valence-electron chi connectivity index (χ4n) is 1.39. The molecule has 1 N–H and O–H groups in total. The normalized spacial score (nSPS) is 10.1. The van der Waals surface area contributed by atoms with E-state index in [0.717, 1.165) is 6.33 Å². The molecule has 0 saturated carbocycles. The average Bonchev–Trinajstić information content (AvgIpc) is 2.29. The molecule has 2 rings (SSSR count). The number of aromatic carboxylic acids is 1. The van der Waals surface area contributed by atoms with Crippen LogP contribution in [0.5, 0.6) is 0 Å². The van der Waals surface area contributed by atoms with Crippen molar-refractivity contribution in [3.8, 4) is 11.1 Å². The molecule has 0 atom stereocenters. The van der Waals surface area contributed by atoms with E-state index in [4.69, 9.17) is 16.7 Å². The zero-order valence-corrected chi connectivity index (χ0v) is 8.85. The summed E-state index contributed by atoms with van der Waals surface area (Å²) in [5.74, 6) is -1.12. The molecular weight excluding hydrogens is 228 g/mol. The van der Waals surface area contributed by atoms with Crippen molar-refractivity contribution in [3.63, 3.8) is 0 Å². The van der Waals surface area contributed by atoms with Crippen molar-refractivity contribution in [1.82, 2.24) is 9.97 Å². The molecule has 0 aliphatic rings. The molecule has 4 nitrogen and oxygen atoms in total. The Balaban J connectivity index is 2.68. The molecule has 1 aromatic carbocycles. The zero-order chi connectivity index (χ0) is 11.5. The lowest BCUT2D eigenvalue weighted by Gasteiger charge is -2.06. The molecule has 0 saturated heterocycles. The SMILES string of the molecule is O=C(O)c1ncnc(Cl)c1-c1ccccc1. The number of rotatable bonds is 2. The Kier molecular flexibility index (Phi) is 2.83. The van der Waals surface area contributed by atoms with Crippen LogP contribution in [0.3, 0.4) is 0 Å². The number of carboxylic acid groups (broad SMARTS) is 1. The molecule has 2 aromatic rings. The Morgan fingerprint density at radius 1 is 1.19 bits per heavy atom. The van der Waals surface area contributed by atoms with E-state index >= 15 is 0 Å². The number of carboxylic acids is 1. The van der Waals surface area contributed by atoms with Crippen molar-refractivity contribution in [2.75, 3.05) is 0 Å². The van der Waals surface area contributed by atoms with Gasteiger partial charge in [-0.2, -0.15) is 0 Å². The van der Waals surface area contributed by atoms with E-state index in [-0.39, 0.29) is 10.8 Å². The largest absolute Gasteiger partial charge is 0.476 e. The van der Waals surface area contributed by atoms with Gasteiger partial charge in [-0.15, -0.1) is 0 Å². The summed E-state index contributed by atoms with van der Waals surface area (Å²) in [6, 6.07) is 8.95. The van der Waals surface area contributed by atoms with E-state index in [1.807, 2.05) is 6.07 Å². The number of nitrogens with zero attached hydrogens (tertiary/aromatic N) is 2. The lowest BCUT2D eigenvalue weighted by atomic mass is 10.1. The third kappa shape index (κ3) is 1.87. The van der Waals surface area contributed by atoms with Gasteiger partial charge in [-0.05, 0) is 5.56 Å². The quantitative estimate of drug-likeness (QED) is 0.811. The van der Waals surface area contributed by atoms with E-state index in [9.17, 15) is 4.79 Å². The molecule has 0 unspecified atom stereocenters. The molecular formula is C11H7ClN2O2. The van der Waals surface area contributed by atoms with Crippen molar-refractivity contribution in [2.45, 2.75) is 0 Å². The van der Waals surface area contributed by atoms with Gasteiger partial charge in [0, 0.05) is 0 Å². The lowest BCUT2D eigenvalue weighted by Crippen LogP contribution is -2.04. The smallest absolute Gasteiger partial charge is 0.355 e. The van der Waals surface area contributed by atoms with Crippen LogP contribution in [0.25, 0.3) is 11.1 Å². The maximum Gasteiger partial charge on any atom is 0.355 e. The Bertz CT molecular complexity index is 529. The Labute approximate surface area is 96.6 Å². The van der Waals surface area contributed by atoms with Crippen LogP contribution in [-0.4, -0.2) is 21.0 Å². The second-order valence-corrected chi connectivity index (χ2v) is 3.42. The van der Waals surface area contributed by atoms with E-state index in [1.54, 1.807) is 24.3 Å². The fraction of sp³-hybridized carbons (Fsp3) is 0. The predicted molar refractivity (Wildman–Crippen MR) is 59.4 cm³/mol. The molecule has 0 bridgehead atoms. The fourth-order valence-corrected chi connectivity index (χ4v) is 1.63. The Morgan fingerprint density at radius 3 is 2.50 bits per heavy atom. The van der Waals surface area contributed by atoms with Crippen molar-refractivity contribution in [3.05, 3.63) is 47.5 Å². The number of carbonyl (C=O) groups is 1. The number of benzene rings is 1. The number of halogens is 1. The topological polar surface area (TPSA) is 63.1 Å². The highest BCUT2D eigenvalue weighted by atomic mass is 35.5. The molecule has 1 heterocycles. The minimum atomic E-state index is -1.12. The molecule has 0 radical (unpaired) electrons. The molecule has 0 aliphatic carbocycles. The van der Waals surface area contributed by atoms with Crippen molar-refractivity contribution < 1.29 is 9.90 Å².